The summed E-state index contributed by atoms with van der Waals surface area (Å²) >= 11 is 1.89. The van der Waals surface area contributed by atoms with Crippen molar-refractivity contribution in [1.29, 1.82) is 0 Å². The molecule has 6 rings (SSSR count). The lowest BCUT2D eigenvalue weighted by atomic mass is 9.78. The first-order chi connectivity index (χ1) is 16.6. The minimum absolute atomic E-state index is 0.181. The van der Waals surface area contributed by atoms with Gasteiger partial charge >= 0.3 is 0 Å². The molecule has 5 heterocycles. The van der Waals surface area contributed by atoms with Crippen molar-refractivity contribution < 1.29 is 4.79 Å². The molecule has 180 valence electrons. The van der Waals surface area contributed by atoms with Crippen molar-refractivity contribution in [3.05, 3.63) is 24.0 Å². The summed E-state index contributed by atoms with van der Waals surface area (Å²) in [5.74, 6) is 4.00. The first-order valence-electron chi connectivity index (χ1n) is 12.3. The van der Waals surface area contributed by atoms with Gasteiger partial charge in [-0.1, -0.05) is 0 Å². The van der Waals surface area contributed by atoms with Crippen molar-refractivity contribution in [3.63, 3.8) is 0 Å². The second-order valence-corrected chi connectivity index (χ2v) is 11.2. The number of pyridine rings is 1. The van der Waals surface area contributed by atoms with Crippen LogP contribution in [0.3, 0.4) is 0 Å². The maximum absolute atomic E-state index is 10.7. The minimum atomic E-state index is 0.181. The second-order valence-electron chi connectivity index (χ2n) is 10.1. The van der Waals surface area contributed by atoms with E-state index in [2.05, 4.69) is 44.5 Å². The SMILES string of the molecule is CC1(Nc2nc(N3CCN(c4ccc(NC5CN(C=O)C5)cn4)CC3)nc3c2SCC3)CCC1. The van der Waals surface area contributed by atoms with Crippen molar-refractivity contribution in [1.82, 2.24) is 19.9 Å². The van der Waals surface area contributed by atoms with Gasteiger partial charge in [-0.2, -0.15) is 4.98 Å². The molecule has 2 saturated heterocycles. The third-order valence-corrected chi connectivity index (χ3v) is 8.58. The Kier molecular flexibility index (Phi) is 5.63. The van der Waals surface area contributed by atoms with Crippen molar-refractivity contribution in [2.24, 2.45) is 0 Å². The van der Waals surface area contributed by atoms with E-state index >= 15 is 0 Å². The number of amides is 1. The molecule has 1 saturated carbocycles. The zero-order valence-electron chi connectivity index (χ0n) is 19.7. The Morgan fingerprint density at radius 1 is 1.12 bits per heavy atom. The van der Waals surface area contributed by atoms with Crippen molar-refractivity contribution >= 4 is 41.4 Å². The van der Waals surface area contributed by atoms with E-state index in [1.807, 2.05) is 18.0 Å². The van der Waals surface area contributed by atoms with Gasteiger partial charge in [-0.25, -0.2) is 9.97 Å². The number of aromatic nitrogens is 3. The molecule has 9 nitrogen and oxygen atoms in total. The van der Waals surface area contributed by atoms with Crippen LogP contribution in [-0.4, -0.2) is 82.9 Å². The molecule has 0 bridgehead atoms. The van der Waals surface area contributed by atoms with Crippen LogP contribution in [0.25, 0.3) is 0 Å². The number of carbonyl (C=O) groups is 1. The zero-order chi connectivity index (χ0) is 23.1. The van der Waals surface area contributed by atoms with E-state index in [0.717, 1.165) is 81.1 Å². The fraction of sp³-hybridized carbons (Fsp3) is 0.583. The van der Waals surface area contributed by atoms with Gasteiger partial charge in [0.2, 0.25) is 12.4 Å². The van der Waals surface area contributed by atoms with Crippen LogP contribution in [-0.2, 0) is 11.2 Å². The Balaban J connectivity index is 1.09. The summed E-state index contributed by atoms with van der Waals surface area (Å²) in [5, 5.41) is 7.19. The van der Waals surface area contributed by atoms with Gasteiger partial charge in [0.1, 0.15) is 11.6 Å². The maximum atomic E-state index is 10.7. The first-order valence-corrected chi connectivity index (χ1v) is 13.3. The molecule has 0 unspecified atom stereocenters. The predicted molar refractivity (Wildman–Crippen MR) is 136 cm³/mol. The van der Waals surface area contributed by atoms with Crippen LogP contribution in [0.5, 0.6) is 0 Å². The lowest BCUT2D eigenvalue weighted by Crippen LogP contribution is -2.53. The number of piperazine rings is 1. The van der Waals surface area contributed by atoms with Gasteiger partial charge in [0.25, 0.3) is 0 Å². The number of rotatable bonds is 7. The quantitative estimate of drug-likeness (QED) is 0.580. The highest BCUT2D eigenvalue weighted by Gasteiger charge is 2.34. The standard InChI is InChI=1S/C24H32N8OS/c1-24(6-2-7-24)29-22-21-19(5-12-34-21)27-23(28-22)32-10-8-31(9-11-32)20-4-3-17(13-25-20)26-18-14-30(15-18)16-33/h3-4,13,16,18,26H,2,5-12,14-15H2,1H3,(H,27,28,29). The maximum Gasteiger partial charge on any atom is 0.227 e. The number of hydrogen-bond donors (Lipinski definition) is 2. The van der Waals surface area contributed by atoms with E-state index in [4.69, 9.17) is 9.97 Å². The zero-order valence-corrected chi connectivity index (χ0v) is 20.5. The largest absolute Gasteiger partial charge is 0.377 e. The average Bonchev–Trinajstić information content (AvgIpc) is 3.30. The molecule has 4 aliphatic rings. The topological polar surface area (TPSA) is 89.5 Å². The summed E-state index contributed by atoms with van der Waals surface area (Å²) < 4.78 is 0. The van der Waals surface area contributed by atoms with Crippen molar-refractivity contribution in [2.45, 2.75) is 49.1 Å². The molecule has 0 aromatic carbocycles. The monoisotopic (exact) mass is 480 g/mol. The third kappa shape index (κ3) is 4.23. The molecule has 1 aliphatic carbocycles. The predicted octanol–water partition coefficient (Wildman–Crippen LogP) is 2.45. The van der Waals surface area contributed by atoms with E-state index in [1.165, 1.54) is 29.9 Å². The van der Waals surface area contributed by atoms with E-state index in [-0.39, 0.29) is 5.54 Å². The number of aryl methyl sites for hydroxylation is 1. The highest BCUT2D eigenvalue weighted by atomic mass is 32.2. The molecule has 10 heteroatoms. The van der Waals surface area contributed by atoms with Crippen molar-refractivity contribution in [2.75, 3.05) is 65.5 Å². The summed E-state index contributed by atoms with van der Waals surface area (Å²) in [6, 6.07) is 4.48. The molecule has 1 amide bonds. The normalized spacial score (nSPS) is 21.5. The average molecular weight is 481 g/mol. The van der Waals surface area contributed by atoms with Crippen LogP contribution in [0.15, 0.2) is 23.2 Å². The molecule has 0 spiro atoms. The van der Waals surface area contributed by atoms with Crippen molar-refractivity contribution in [3.8, 4) is 0 Å². The Hall–Kier alpha value is -2.75. The highest BCUT2D eigenvalue weighted by molar-refractivity contribution is 7.99. The van der Waals surface area contributed by atoms with Gasteiger partial charge < -0.3 is 25.3 Å². The Morgan fingerprint density at radius 3 is 2.59 bits per heavy atom. The third-order valence-electron chi connectivity index (χ3n) is 7.45. The molecular weight excluding hydrogens is 448 g/mol. The summed E-state index contributed by atoms with van der Waals surface area (Å²) in [5.41, 5.74) is 2.39. The number of nitrogens with zero attached hydrogens (tertiary/aromatic N) is 6. The first kappa shape index (κ1) is 21.8. The van der Waals surface area contributed by atoms with E-state index in [9.17, 15) is 4.79 Å². The number of nitrogens with one attached hydrogen (secondary N) is 2. The molecule has 3 aliphatic heterocycles. The van der Waals surface area contributed by atoms with E-state index in [1.54, 1.807) is 4.90 Å². The molecule has 34 heavy (non-hydrogen) atoms. The second kappa shape index (κ2) is 8.79. The lowest BCUT2D eigenvalue weighted by molar-refractivity contribution is -0.121. The molecule has 2 aromatic heterocycles. The number of fused-ring (bicyclic) bond motifs is 1. The smallest absolute Gasteiger partial charge is 0.227 e. The van der Waals surface area contributed by atoms with Crippen LogP contribution in [0.1, 0.15) is 31.9 Å². The van der Waals surface area contributed by atoms with Gasteiger partial charge in [0.15, 0.2) is 0 Å². The summed E-state index contributed by atoms with van der Waals surface area (Å²) in [4.78, 5) is 33.0. The number of thioether (sulfide) groups is 1. The fourth-order valence-corrected chi connectivity index (χ4v) is 6.17. The molecular formula is C24H32N8OS. The Bertz CT molecular complexity index is 1050. The molecule has 3 fully saturated rings. The molecule has 0 radical (unpaired) electrons. The van der Waals surface area contributed by atoms with Crippen LogP contribution in [0.2, 0.25) is 0 Å². The number of carbonyl (C=O) groups excluding carboxylic acids is 1. The van der Waals surface area contributed by atoms with Gasteiger partial charge in [-0.3, -0.25) is 4.79 Å². The Morgan fingerprint density at radius 2 is 1.91 bits per heavy atom. The van der Waals surface area contributed by atoms with Gasteiger partial charge in [0.05, 0.1) is 28.5 Å². The molecule has 2 N–H and O–H groups in total. The van der Waals surface area contributed by atoms with Gasteiger partial charge in [0, 0.05) is 57.0 Å². The summed E-state index contributed by atoms with van der Waals surface area (Å²) in [6.45, 7) is 7.38. The summed E-state index contributed by atoms with van der Waals surface area (Å²) in [7, 11) is 0. The van der Waals surface area contributed by atoms with Crippen LogP contribution < -0.4 is 20.4 Å². The van der Waals surface area contributed by atoms with Crippen LogP contribution >= 0.6 is 11.8 Å². The number of anilines is 4. The lowest BCUT2D eigenvalue weighted by Gasteiger charge is -2.40. The highest BCUT2D eigenvalue weighted by Crippen LogP contribution is 2.41. The minimum Gasteiger partial charge on any atom is -0.377 e. The number of likely N-dealkylation sites (tertiary alicyclic amines) is 1. The number of hydrogen-bond acceptors (Lipinski definition) is 9. The van der Waals surface area contributed by atoms with Gasteiger partial charge in [-0.05, 0) is 38.3 Å². The summed E-state index contributed by atoms with van der Waals surface area (Å²) in [6.07, 6.45) is 7.54. The molecule has 2 aromatic rings. The Labute approximate surface area is 204 Å². The van der Waals surface area contributed by atoms with E-state index in [0.29, 0.717) is 6.04 Å². The van der Waals surface area contributed by atoms with E-state index < -0.39 is 0 Å². The van der Waals surface area contributed by atoms with Crippen LogP contribution in [0, 0.1) is 0 Å². The molecule has 0 atom stereocenters. The fourth-order valence-electron chi connectivity index (χ4n) is 5.12. The van der Waals surface area contributed by atoms with Gasteiger partial charge in [-0.15, -0.1) is 11.8 Å². The van der Waals surface area contributed by atoms with Crippen LogP contribution in [0.4, 0.5) is 23.3 Å².